The number of hydrogen-bond donors (Lipinski definition) is 1. The minimum Gasteiger partial charge on any atom is -0.494 e. The fourth-order valence-electron chi connectivity index (χ4n) is 3.84. The molecule has 1 saturated heterocycles. The largest absolute Gasteiger partial charge is 0.494 e. The van der Waals surface area contributed by atoms with Gasteiger partial charge in [-0.15, -0.1) is 0 Å². The van der Waals surface area contributed by atoms with Crippen molar-refractivity contribution in [3.05, 3.63) is 75.5 Å². The highest BCUT2D eigenvalue weighted by molar-refractivity contribution is 6.39. The predicted molar refractivity (Wildman–Crippen MR) is 133 cm³/mol. The summed E-state index contributed by atoms with van der Waals surface area (Å²) in [6.07, 6.45) is 1.23. The molecule has 190 valence electrons. The molecule has 11 nitrogen and oxygen atoms in total. The van der Waals surface area contributed by atoms with E-state index in [4.69, 9.17) is 13.9 Å². The predicted octanol–water partition coefficient (Wildman–Crippen LogP) is 4.63. The van der Waals surface area contributed by atoms with Gasteiger partial charge in [0.05, 0.1) is 23.8 Å². The maximum Gasteiger partial charge on any atom is 0.336 e. The van der Waals surface area contributed by atoms with Gasteiger partial charge < -0.3 is 13.9 Å². The Balaban J connectivity index is 1.70. The Bertz CT molecular complexity index is 1440. The summed E-state index contributed by atoms with van der Waals surface area (Å²) in [5.74, 6) is -0.509. The molecule has 0 saturated carbocycles. The molecule has 0 aliphatic carbocycles. The molecule has 0 spiro atoms. The lowest BCUT2D eigenvalue weighted by molar-refractivity contribution is -0.384. The zero-order chi connectivity index (χ0) is 26.7. The number of barbiturate groups is 1. The highest BCUT2D eigenvalue weighted by Crippen LogP contribution is 2.35. The molecule has 1 aliphatic rings. The van der Waals surface area contributed by atoms with E-state index in [1.807, 2.05) is 0 Å². The second-order valence-corrected chi connectivity index (χ2v) is 7.91. The minimum absolute atomic E-state index is 0.0517. The fraction of sp³-hybridized carbons (Fsp3) is 0.192. The molecular formula is C26H23N3O8. The molecule has 1 aliphatic heterocycles. The van der Waals surface area contributed by atoms with Gasteiger partial charge in [0, 0.05) is 23.8 Å². The Morgan fingerprint density at radius 3 is 2.46 bits per heavy atom. The molecule has 4 rings (SSSR count). The number of carbonyl (C=O) groups excluding carboxylic acids is 3. The van der Waals surface area contributed by atoms with Gasteiger partial charge in [-0.05, 0) is 62.7 Å². The second-order valence-electron chi connectivity index (χ2n) is 7.91. The summed E-state index contributed by atoms with van der Waals surface area (Å²) in [7, 11) is 0. The van der Waals surface area contributed by atoms with Crippen molar-refractivity contribution in [1.82, 2.24) is 5.32 Å². The number of non-ortho nitro benzene ring substituents is 1. The quantitative estimate of drug-likeness (QED) is 0.202. The highest BCUT2D eigenvalue weighted by atomic mass is 16.6. The van der Waals surface area contributed by atoms with E-state index in [0.29, 0.717) is 29.2 Å². The van der Waals surface area contributed by atoms with Crippen molar-refractivity contribution < 1.29 is 33.2 Å². The van der Waals surface area contributed by atoms with Crippen molar-refractivity contribution >= 4 is 35.3 Å². The molecule has 4 amide bonds. The van der Waals surface area contributed by atoms with Crippen molar-refractivity contribution in [2.24, 2.45) is 0 Å². The van der Waals surface area contributed by atoms with Crippen LogP contribution in [0, 0.1) is 17.0 Å². The summed E-state index contributed by atoms with van der Waals surface area (Å²) in [5.41, 5.74) is 0.967. The van der Waals surface area contributed by atoms with E-state index < -0.39 is 22.8 Å². The van der Waals surface area contributed by atoms with E-state index in [1.165, 1.54) is 24.3 Å². The van der Waals surface area contributed by atoms with Crippen molar-refractivity contribution in [3.8, 4) is 22.8 Å². The van der Waals surface area contributed by atoms with Crippen LogP contribution in [-0.4, -0.2) is 36.0 Å². The van der Waals surface area contributed by atoms with Crippen molar-refractivity contribution in [3.63, 3.8) is 0 Å². The number of rotatable bonds is 8. The van der Waals surface area contributed by atoms with Crippen LogP contribution in [0.2, 0.25) is 0 Å². The number of imide groups is 2. The van der Waals surface area contributed by atoms with Gasteiger partial charge in [0.1, 0.15) is 28.6 Å². The van der Waals surface area contributed by atoms with Crippen LogP contribution in [0.5, 0.6) is 11.5 Å². The molecule has 37 heavy (non-hydrogen) atoms. The fourth-order valence-corrected chi connectivity index (χ4v) is 3.84. The van der Waals surface area contributed by atoms with Gasteiger partial charge in [-0.3, -0.25) is 25.0 Å². The van der Waals surface area contributed by atoms with Gasteiger partial charge in [-0.25, -0.2) is 9.69 Å². The average Bonchev–Trinajstić information content (AvgIpc) is 3.31. The van der Waals surface area contributed by atoms with Crippen LogP contribution in [0.4, 0.5) is 16.2 Å². The van der Waals surface area contributed by atoms with E-state index in [2.05, 4.69) is 5.32 Å². The number of ether oxygens (including phenoxy) is 2. The smallest absolute Gasteiger partial charge is 0.336 e. The summed E-state index contributed by atoms with van der Waals surface area (Å²) in [4.78, 5) is 50.0. The van der Waals surface area contributed by atoms with Gasteiger partial charge in [0.15, 0.2) is 0 Å². The molecule has 0 bridgehead atoms. The molecule has 0 unspecified atom stereocenters. The Labute approximate surface area is 211 Å². The first kappa shape index (κ1) is 25.2. The van der Waals surface area contributed by atoms with Crippen LogP contribution in [0.3, 0.4) is 0 Å². The maximum atomic E-state index is 13.4. The van der Waals surface area contributed by atoms with Crippen LogP contribution >= 0.6 is 0 Å². The molecular weight excluding hydrogens is 482 g/mol. The number of benzene rings is 2. The topological polar surface area (TPSA) is 141 Å². The van der Waals surface area contributed by atoms with Crippen LogP contribution in [0.15, 0.2) is 58.5 Å². The molecule has 2 heterocycles. The Kier molecular flexibility index (Phi) is 7.05. The summed E-state index contributed by atoms with van der Waals surface area (Å²) < 4.78 is 16.9. The molecule has 3 aromatic rings. The number of nitrogens with zero attached hydrogens (tertiary/aromatic N) is 2. The number of aryl methyl sites for hydroxylation is 1. The van der Waals surface area contributed by atoms with E-state index in [1.54, 1.807) is 51.1 Å². The van der Waals surface area contributed by atoms with Crippen LogP contribution < -0.4 is 19.7 Å². The first-order valence-corrected chi connectivity index (χ1v) is 11.4. The number of nitro benzene ring substituents is 1. The first-order valence-electron chi connectivity index (χ1n) is 11.4. The monoisotopic (exact) mass is 505 g/mol. The number of furan rings is 1. The molecule has 0 radical (unpaired) electrons. The Morgan fingerprint density at radius 1 is 1.03 bits per heavy atom. The van der Waals surface area contributed by atoms with Gasteiger partial charge >= 0.3 is 6.03 Å². The van der Waals surface area contributed by atoms with Gasteiger partial charge in [-0.1, -0.05) is 0 Å². The third-order valence-corrected chi connectivity index (χ3v) is 5.48. The van der Waals surface area contributed by atoms with Crippen LogP contribution in [0.1, 0.15) is 25.2 Å². The molecule has 0 atom stereocenters. The summed E-state index contributed by atoms with van der Waals surface area (Å²) in [5, 5.41) is 13.2. The standard InChI is InChI=1S/C26H23N3O8/c1-4-35-17-7-11-23(36-5-2)21(14-17)28-25(31)20(24(30)27-26(28)32)13-18-8-10-22(37-18)19-9-6-16(29(33)34)12-15(19)3/h6-14H,4-5H2,1-3H3,(H,27,30,32)/b20-13-. The lowest BCUT2D eigenvalue weighted by atomic mass is 10.1. The number of nitrogens with one attached hydrogen (secondary N) is 1. The third-order valence-electron chi connectivity index (χ3n) is 5.48. The van der Waals surface area contributed by atoms with Crippen molar-refractivity contribution in [1.29, 1.82) is 0 Å². The number of carbonyl (C=O) groups is 3. The summed E-state index contributed by atoms with van der Waals surface area (Å²) in [6, 6.07) is 11.3. The number of amides is 4. The Morgan fingerprint density at radius 2 is 1.78 bits per heavy atom. The SMILES string of the molecule is CCOc1ccc(OCC)c(N2C(=O)NC(=O)/C(=C/c3ccc(-c4ccc([N+](=O)[O-])cc4C)o3)C2=O)c1. The first-order chi connectivity index (χ1) is 17.7. The normalized spacial score (nSPS) is 14.6. The minimum atomic E-state index is -0.927. The Hall–Kier alpha value is -4.93. The molecule has 2 aromatic carbocycles. The number of urea groups is 1. The number of hydrogen-bond acceptors (Lipinski definition) is 8. The maximum absolute atomic E-state index is 13.4. The van der Waals surface area contributed by atoms with Gasteiger partial charge in [0.25, 0.3) is 17.5 Å². The van der Waals surface area contributed by atoms with Gasteiger partial charge in [0.2, 0.25) is 0 Å². The van der Waals surface area contributed by atoms with Crippen molar-refractivity contribution in [2.75, 3.05) is 18.1 Å². The van der Waals surface area contributed by atoms with Crippen LogP contribution in [0.25, 0.3) is 17.4 Å². The number of nitro groups is 1. The lowest BCUT2D eigenvalue weighted by Gasteiger charge is -2.28. The second kappa shape index (κ2) is 10.4. The molecule has 1 fully saturated rings. The zero-order valence-electron chi connectivity index (χ0n) is 20.3. The lowest BCUT2D eigenvalue weighted by Crippen LogP contribution is -2.54. The summed E-state index contributed by atoms with van der Waals surface area (Å²) >= 11 is 0. The number of anilines is 1. The summed E-state index contributed by atoms with van der Waals surface area (Å²) in [6.45, 7) is 5.91. The van der Waals surface area contributed by atoms with E-state index in [9.17, 15) is 24.5 Å². The molecule has 1 N–H and O–H groups in total. The van der Waals surface area contributed by atoms with E-state index in [0.717, 1.165) is 4.90 Å². The van der Waals surface area contributed by atoms with Crippen molar-refractivity contribution in [2.45, 2.75) is 20.8 Å². The van der Waals surface area contributed by atoms with E-state index in [-0.39, 0.29) is 35.1 Å². The van der Waals surface area contributed by atoms with Crippen LogP contribution in [-0.2, 0) is 9.59 Å². The zero-order valence-corrected chi connectivity index (χ0v) is 20.3. The average molecular weight is 505 g/mol. The highest BCUT2D eigenvalue weighted by Gasteiger charge is 2.38. The molecule has 1 aromatic heterocycles. The van der Waals surface area contributed by atoms with Gasteiger partial charge in [-0.2, -0.15) is 0 Å². The van der Waals surface area contributed by atoms with E-state index >= 15 is 0 Å². The third kappa shape index (κ3) is 5.06. The molecule has 11 heteroatoms.